The van der Waals surface area contributed by atoms with E-state index in [0.717, 1.165) is 23.1 Å². The maximum Gasteiger partial charge on any atom is 0.416 e. The van der Waals surface area contributed by atoms with Gasteiger partial charge in [0.1, 0.15) is 5.76 Å². The molecule has 0 fully saturated rings. The van der Waals surface area contributed by atoms with Gasteiger partial charge < -0.3 is 4.42 Å². The van der Waals surface area contributed by atoms with E-state index in [9.17, 15) is 27.6 Å². The second-order valence-electron chi connectivity index (χ2n) is 9.50. The Bertz CT molecular complexity index is 1410. The van der Waals surface area contributed by atoms with Crippen LogP contribution in [0.2, 0.25) is 0 Å². The fraction of sp³-hybridized carbons (Fsp3) is 0.308. The van der Waals surface area contributed by atoms with Gasteiger partial charge in [-0.3, -0.25) is 23.9 Å². The average Bonchev–Trinajstić information content (AvgIpc) is 3.25. The molecule has 1 aromatic heterocycles. The second kappa shape index (κ2) is 8.92. The first-order valence-electron chi connectivity index (χ1n) is 11.2. The molecule has 2 aromatic carbocycles. The molecule has 1 aliphatic rings. The Morgan fingerprint density at radius 1 is 0.944 bits per heavy atom. The summed E-state index contributed by atoms with van der Waals surface area (Å²) in [4.78, 5) is 43.4. The minimum atomic E-state index is -4.61. The van der Waals surface area contributed by atoms with Crippen molar-refractivity contribution >= 4 is 17.7 Å². The number of fused-ring (bicyclic) bond motifs is 1. The first-order valence-corrected chi connectivity index (χ1v) is 11.2. The summed E-state index contributed by atoms with van der Waals surface area (Å²) in [5.41, 5.74) is -0.566. The van der Waals surface area contributed by atoms with Gasteiger partial charge in [-0.1, -0.05) is 39.0 Å². The van der Waals surface area contributed by atoms with Crippen molar-refractivity contribution in [3.05, 3.63) is 87.9 Å². The summed E-state index contributed by atoms with van der Waals surface area (Å²) in [5.74, 6) is -1.25. The Hall–Kier alpha value is -3.95. The standard InChI is InChI=1S/C26H24F3N3O4/c1-15-20(25(2,3)4)36-24(30-21(33)16-8-7-9-17(14-16)26(27,28)29)31(15)12-13-32-22(34)18-10-5-6-11-19(18)23(32)35/h5-11,14H,12-13H2,1-4H3/b30-24-. The third-order valence-electron chi connectivity index (χ3n) is 5.90. The number of amides is 3. The van der Waals surface area contributed by atoms with Gasteiger partial charge in [0.15, 0.2) is 0 Å². The van der Waals surface area contributed by atoms with Crippen LogP contribution in [-0.2, 0) is 18.1 Å². The number of benzene rings is 2. The molecule has 0 N–H and O–H groups in total. The molecular weight excluding hydrogens is 475 g/mol. The zero-order valence-electron chi connectivity index (χ0n) is 20.1. The van der Waals surface area contributed by atoms with Crippen LogP contribution in [0.5, 0.6) is 0 Å². The highest BCUT2D eigenvalue weighted by Gasteiger charge is 2.35. The number of alkyl halides is 3. The first kappa shape index (κ1) is 25.2. The van der Waals surface area contributed by atoms with E-state index >= 15 is 0 Å². The second-order valence-corrected chi connectivity index (χ2v) is 9.50. The molecule has 7 nitrogen and oxygen atoms in total. The third kappa shape index (κ3) is 4.62. The van der Waals surface area contributed by atoms with Crippen molar-refractivity contribution in [2.75, 3.05) is 6.54 Å². The van der Waals surface area contributed by atoms with Crippen LogP contribution in [-0.4, -0.2) is 33.7 Å². The minimum Gasteiger partial charge on any atom is -0.428 e. The third-order valence-corrected chi connectivity index (χ3v) is 5.90. The maximum absolute atomic E-state index is 13.1. The predicted octanol–water partition coefficient (Wildman–Crippen LogP) is 4.74. The van der Waals surface area contributed by atoms with Gasteiger partial charge in [-0.2, -0.15) is 18.2 Å². The number of carbonyl (C=O) groups is 3. The van der Waals surface area contributed by atoms with Crippen molar-refractivity contribution in [3.63, 3.8) is 0 Å². The molecule has 0 unspecified atom stereocenters. The van der Waals surface area contributed by atoms with Crippen LogP contribution >= 0.6 is 0 Å². The quantitative estimate of drug-likeness (QED) is 0.486. The zero-order valence-corrected chi connectivity index (χ0v) is 20.1. The number of rotatable bonds is 4. The fourth-order valence-electron chi connectivity index (χ4n) is 4.15. The van der Waals surface area contributed by atoms with Crippen LogP contribution in [0.3, 0.4) is 0 Å². The molecule has 3 aromatic rings. The lowest BCUT2D eigenvalue weighted by Crippen LogP contribution is -2.35. The first-order chi connectivity index (χ1) is 16.8. The van der Waals surface area contributed by atoms with E-state index in [0.29, 0.717) is 22.6 Å². The SMILES string of the molecule is Cc1c(C(C)(C)C)o/c(=N\C(=O)c2cccc(C(F)(F)F)c2)n1CCN1C(=O)c2ccccc2C1=O. The number of aromatic nitrogens is 1. The Morgan fingerprint density at radius 3 is 2.11 bits per heavy atom. The van der Waals surface area contributed by atoms with Crippen molar-refractivity contribution in [1.29, 1.82) is 0 Å². The molecule has 0 radical (unpaired) electrons. The van der Waals surface area contributed by atoms with Crippen LogP contribution in [0.15, 0.2) is 57.9 Å². The van der Waals surface area contributed by atoms with Gasteiger partial charge >= 0.3 is 11.9 Å². The zero-order chi connectivity index (χ0) is 26.4. The van der Waals surface area contributed by atoms with Crippen LogP contribution in [0.25, 0.3) is 0 Å². The lowest BCUT2D eigenvalue weighted by molar-refractivity contribution is -0.137. The number of carbonyl (C=O) groups excluding carboxylic acids is 3. The molecule has 0 atom stereocenters. The molecule has 36 heavy (non-hydrogen) atoms. The molecule has 1 aliphatic heterocycles. The van der Waals surface area contributed by atoms with Crippen molar-refractivity contribution in [1.82, 2.24) is 9.47 Å². The van der Waals surface area contributed by atoms with Crippen LogP contribution < -0.4 is 5.68 Å². The average molecular weight is 499 g/mol. The summed E-state index contributed by atoms with van der Waals surface area (Å²) < 4.78 is 46.7. The molecule has 0 spiro atoms. The molecule has 2 heterocycles. The van der Waals surface area contributed by atoms with Gasteiger partial charge in [-0.05, 0) is 37.3 Å². The van der Waals surface area contributed by atoms with Crippen LogP contribution in [0.1, 0.15) is 68.9 Å². The van der Waals surface area contributed by atoms with Crippen LogP contribution in [0.4, 0.5) is 13.2 Å². The van der Waals surface area contributed by atoms with Crippen molar-refractivity contribution in [3.8, 4) is 0 Å². The highest BCUT2D eigenvalue weighted by atomic mass is 19.4. The van der Waals surface area contributed by atoms with Crippen molar-refractivity contribution < 1.29 is 32.0 Å². The summed E-state index contributed by atoms with van der Waals surface area (Å²) in [6.07, 6.45) is -4.61. The van der Waals surface area contributed by atoms with Gasteiger partial charge in [0.2, 0.25) is 0 Å². The molecule has 188 valence electrons. The van der Waals surface area contributed by atoms with E-state index in [-0.39, 0.29) is 24.3 Å². The molecule has 4 rings (SSSR count). The van der Waals surface area contributed by atoms with E-state index in [1.54, 1.807) is 35.8 Å². The molecule has 10 heteroatoms. The number of nitrogens with zero attached hydrogens (tertiary/aromatic N) is 3. The van der Waals surface area contributed by atoms with E-state index in [1.807, 2.05) is 20.8 Å². The summed E-state index contributed by atoms with van der Waals surface area (Å²) in [7, 11) is 0. The maximum atomic E-state index is 13.1. The number of halogens is 3. The lowest BCUT2D eigenvalue weighted by atomic mass is 9.92. The smallest absolute Gasteiger partial charge is 0.416 e. The molecule has 3 amide bonds. The Kier molecular flexibility index (Phi) is 6.24. The van der Waals surface area contributed by atoms with E-state index < -0.39 is 34.9 Å². The fourth-order valence-corrected chi connectivity index (χ4v) is 4.15. The molecule has 0 bridgehead atoms. The Labute approximate surface area is 204 Å². The topological polar surface area (TPSA) is 84.9 Å². The summed E-state index contributed by atoms with van der Waals surface area (Å²) in [6.45, 7) is 7.50. The van der Waals surface area contributed by atoms with E-state index in [1.165, 1.54) is 6.07 Å². The largest absolute Gasteiger partial charge is 0.428 e. The Balaban J connectivity index is 1.70. The highest BCUT2D eigenvalue weighted by molar-refractivity contribution is 6.21. The predicted molar refractivity (Wildman–Crippen MR) is 123 cm³/mol. The lowest BCUT2D eigenvalue weighted by Gasteiger charge is -2.17. The molecular formula is C26H24F3N3O4. The van der Waals surface area contributed by atoms with E-state index in [4.69, 9.17) is 4.42 Å². The monoisotopic (exact) mass is 499 g/mol. The summed E-state index contributed by atoms with van der Waals surface area (Å²) in [5, 5.41) is 0. The van der Waals surface area contributed by atoms with Crippen molar-refractivity contribution in [2.24, 2.45) is 4.99 Å². The number of hydrogen-bond donors (Lipinski definition) is 0. The summed E-state index contributed by atoms with van der Waals surface area (Å²) in [6, 6.07) is 10.5. The van der Waals surface area contributed by atoms with Crippen LogP contribution in [0, 0.1) is 6.92 Å². The number of hydrogen-bond acceptors (Lipinski definition) is 4. The Morgan fingerprint density at radius 2 is 1.56 bits per heavy atom. The molecule has 0 saturated carbocycles. The van der Waals surface area contributed by atoms with E-state index in [2.05, 4.69) is 4.99 Å². The van der Waals surface area contributed by atoms with Gasteiger partial charge in [-0.25, -0.2) is 0 Å². The molecule has 0 aliphatic carbocycles. The number of oxazole rings is 1. The summed E-state index contributed by atoms with van der Waals surface area (Å²) >= 11 is 0. The van der Waals surface area contributed by atoms with Gasteiger partial charge in [0.05, 0.1) is 22.4 Å². The minimum absolute atomic E-state index is 0.0127. The highest BCUT2D eigenvalue weighted by Crippen LogP contribution is 2.30. The van der Waals surface area contributed by atoms with Gasteiger partial charge in [-0.15, -0.1) is 0 Å². The number of imide groups is 1. The van der Waals surface area contributed by atoms with Gasteiger partial charge in [0.25, 0.3) is 17.7 Å². The molecule has 0 saturated heterocycles. The van der Waals surface area contributed by atoms with Gasteiger partial charge in [0, 0.05) is 24.1 Å². The van der Waals surface area contributed by atoms with Crippen molar-refractivity contribution in [2.45, 2.75) is 45.8 Å². The normalized spacial score (nSPS) is 14.5.